The van der Waals surface area contributed by atoms with Crippen LogP contribution in [0.5, 0.6) is 0 Å². The molecule has 0 fully saturated rings. The minimum absolute atomic E-state index is 0.690. The normalized spacial score (nSPS) is 11.2. The average molecular weight is 283 g/mol. The van der Waals surface area contributed by atoms with Crippen LogP contribution in [0.15, 0.2) is 23.2 Å². The highest BCUT2D eigenvalue weighted by atomic mass is 79.9. The largest absolute Gasteiger partial charge is 0.367 e. The molecule has 2 aromatic heterocycles. The summed E-state index contributed by atoms with van der Waals surface area (Å²) in [5, 5.41) is 3.32. The molecule has 0 saturated carbocycles. The molecule has 0 aliphatic heterocycles. The van der Waals surface area contributed by atoms with Crippen molar-refractivity contribution >= 4 is 27.4 Å². The summed E-state index contributed by atoms with van der Waals surface area (Å²) in [4.78, 5) is 8.67. The Labute approximate surface area is 103 Å². The smallest absolute Gasteiger partial charge is 0.180 e. The second kappa shape index (κ2) is 4.82. The summed E-state index contributed by atoms with van der Waals surface area (Å²) in [6, 6.07) is 0. The lowest BCUT2D eigenvalue weighted by Gasteiger charge is -2.08. The molecule has 2 aromatic rings. The molecule has 0 saturated heterocycles. The van der Waals surface area contributed by atoms with Gasteiger partial charge >= 0.3 is 0 Å². The second-order valence-corrected chi connectivity index (χ2v) is 4.99. The van der Waals surface area contributed by atoms with E-state index in [4.69, 9.17) is 0 Å². The monoisotopic (exact) mass is 282 g/mol. The third-order valence-electron chi connectivity index (χ3n) is 2.36. The molecule has 0 atom stereocenters. The van der Waals surface area contributed by atoms with Crippen molar-refractivity contribution in [3.05, 3.63) is 23.2 Å². The van der Waals surface area contributed by atoms with E-state index in [0.717, 1.165) is 29.0 Å². The summed E-state index contributed by atoms with van der Waals surface area (Å²) >= 11 is 3.39. The Bertz CT molecular complexity index is 478. The highest BCUT2D eigenvalue weighted by Crippen LogP contribution is 2.16. The van der Waals surface area contributed by atoms with Gasteiger partial charge in [-0.2, -0.15) is 0 Å². The van der Waals surface area contributed by atoms with Crippen LogP contribution in [0.4, 0.5) is 5.82 Å². The molecule has 0 aliphatic rings. The number of fused-ring (bicyclic) bond motifs is 1. The maximum absolute atomic E-state index is 4.39. The first-order chi connectivity index (χ1) is 7.66. The van der Waals surface area contributed by atoms with Crippen molar-refractivity contribution in [3.8, 4) is 0 Å². The van der Waals surface area contributed by atoms with Gasteiger partial charge in [0.15, 0.2) is 11.5 Å². The predicted molar refractivity (Wildman–Crippen MR) is 68.6 cm³/mol. The lowest BCUT2D eigenvalue weighted by molar-refractivity contribution is 0.606. The van der Waals surface area contributed by atoms with E-state index in [0.29, 0.717) is 5.92 Å². The average Bonchev–Trinajstić information content (AvgIpc) is 2.64. The summed E-state index contributed by atoms with van der Waals surface area (Å²) in [5.41, 5.74) is 0.868. The number of imidazole rings is 1. The topological polar surface area (TPSA) is 42.2 Å². The Balaban J connectivity index is 2.19. The summed E-state index contributed by atoms with van der Waals surface area (Å²) in [5.74, 6) is 1.52. The van der Waals surface area contributed by atoms with E-state index in [1.165, 1.54) is 0 Å². The minimum Gasteiger partial charge on any atom is -0.367 e. The van der Waals surface area contributed by atoms with Gasteiger partial charge in [0.25, 0.3) is 0 Å². The van der Waals surface area contributed by atoms with E-state index in [-0.39, 0.29) is 0 Å². The Morgan fingerprint density at radius 2 is 2.31 bits per heavy atom. The number of aromatic nitrogens is 3. The van der Waals surface area contributed by atoms with Crippen molar-refractivity contribution < 1.29 is 0 Å². The zero-order valence-electron chi connectivity index (χ0n) is 9.44. The number of nitrogens with zero attached hydrogens (tertiary/aromatic N) is 3. The molecule has 0 aromatic carbocycles. The van der Waals surface area contributed by atoms with Crippen LogP contribution in [0.1, 0.15) is 20.3 Å². The molecule has 5 heteroatoms. The molecule has 0 aliphatic carbocycles. The molecule has 0 bridgehead atoms. The standard InChI is InChI=1S/C11H15BrN4/c1-8(2)3-4-13-10-11-14-5-6-16(11)7-9(12)15-10/h5-8H,3-4H2,1-2H3,(H,13,15). The van der Waals surface area contributed by atoms with Gasteiger partial charge in [-0.15, -0.1) is 0 Å². The zero-order valence-corrected chi connectivity index (χ0v) is 11.0. The number of halogens is 1. The van der Waals surface area contributed by atoms with E-state index in [1.807, 2.05) is 16.8 Å². The number of hydrogen-bond donors (Lipinski definition) is 1. The van der Waals surface area contributed by atoms with Crippen LogP contribution in [-0.2, 0) is 0 Å². The lowest BCUT2D eigenvalue weighted by atomic mass is 10.1. The van der Waals surface area contributed by atoms with E-state index >= 15 is 0 Å². The maximum atomic E-state index is 4.39. The third kappa shape index (κ3) is 2.52. The molecule has 86 valence electrons. The summed E-state index contributed by atoms with van der Waals surface area (Å²) < 4.78 is 2.76. The molecule has 0 radical (unpaired) electrons. The van der Waals surface area contributed by atoms with Crippen LogP contribution in [-0.4, -0.2) is 20.9 Å². The van der Waals surface area contributed by atoms with Crippen LogP contribution < -0.4 is 5.32 Å². The van der Waals surface area contributed by atoms with Crippen molar-refractivity contribution in [2.24, 2.45) is 5.92 Å². The van der Waals surface area contributed by atoms with Gasteiger partial charge in [-0.05, 0) is 28.3 Å². The first-order valence-corrected chi connectivity index (χ1v) is 6.19. The van der Waals surface area contributed by atoms with Crippen molar-refractivity contribution in [3.63, 3.8) is 0 Å². The SMILES string of the molecule is CC(C)CCNc1nc(Br)cn2ccnc12. The van der Waals surface area contributed by atoms with Crippen molar-refractivity contribution in [1.29, 1.82) is 0 Å². The fraction of sp³-hybridized carbons (Fsp3) is 0.455. The molecule has 2 heterocycles. The maximum Gasteiger partial charge on any atom is 0.180 e. The third-order valence-corrected chi connectivity index (χ3v) is 2.74. The van der Waals surface area contributed by atoms with Crippen molar-refractivity contribution in [2.45, 2.75) is 20.3 Å². The van der Waals surface area contributed by atoms with Crippen molar-refractivity contribution in [2.75, 3.05) is 11.9 Å². The molecule has 4 nitrogen and oxygen atoms in total. The lowest BCUT2D eigenvalue weighted by Crippen LogP contribution is -2.08. The van der Waals surface area contributed by atoms with Gasteiger partial charge < -0.3 is 9.72 Å². The molecule has 0 amide bonds. The van der Waals surface area contributed by atoms with Gasteiger partial charge in [-0.3, -0.25) is 0 Å². The molecule has 16 heavy (non-hydrogen) atoms. The van der Waals surface area contributed by atoms with Gasteiger partial charge in [-0.1, -0.05) is 13.8 Å². The molecule has 0 spiro atoms. The highest BCUT2D eigenvalue weighted by molar-refractivity contribution is 9.10. The van der Waals surface area contributed by atoms with Crippen LogP contribution in [0, 0.1) is 5.92 Å². The van der Waals surface area contributed by atoms with Gasteiger partial charge in [0.05, 0.1) is 0 Å². The molecule has 1 N–H and O–H groups in total. The van der Waals surface area contributed by atoms with Crippen LogP contribution >= 0.6 is 15.9 Å². The second-order valence-electron chi connectivity index (χ2n) is 4.18. The van der Waals surface area contributed by atoms with Gasteiger partial charge in [0.2, 0.25) is 0 Å². The molecular formula is C11H15BrN4. The number of anilines is 1. The van der Waals surface area contributed by atoms with Crippen molar-refractivity contribution in [1.82, 2.24) is 14.4 Å². The molecule has 0 unspecified atom stereocenters. The Morgan fingerprint density at radius 3 is 3.06 bits per heavy atom. The predicted octanol–water partition coefficient (Wildman–Crippen LogP) is 2.95. The van der Waals surface area contributed by atoms with E-state index in [1.54, 1.807) is 6.20 Å². The summed E-state index contributed by atoms with van der Waals surface area (Å²) in [6.07, 6.45) is 6.71. The van der Waals surface area contributed by atoms with Gasteiger partial charge in [0.1, 0.15) is 4.60 Å². The Morgan fingerprint density at radius 1 is 1.50 bits per heavy atom. The summed E-state index contributed by atoms with van der Waals surface area (Å²) in [6.45, 7) is 5.34. The van der Waals surface area contributed by atoms with Gasteiger partial charge in [0, 0.05) is 25.1 Å². The van der Waals surface area contributed by atoms with E-state index in [2.05, 4.69) is 45.1 Å². The zero-order chi connectivity index (χ0) is 11.5. The Hall–Kier alpha value is -1.10. The fourth-order valence-corrected chi connectivity index (χ4v) is 1.90. The first kappa shape index (κ1) is 11.4. The fourth-order valence-electron chi connectivity index (χ4n) is 1.50. The van der Waals surface area contributed by atoms with Crippen LogP contribution in [0.2, 0.25) is 0 Å². The Kier molecular flexibility index (Phi) is 3.43. The number of hydrogen-bond acceptors (Lipinski definition) is 3. The van der Waals surface area contributed by atoms with Gasteiger partial charge in [-0.25, -0.2) is 9.97 Å². The summed E-state index contributed by atoms with van der Waals surface area (Å²) in [7, 11) is 0. The molecular weight excluding hydrogens is 268 g/mol. The van der Waals surface area contributed by atoms with Crippen LogP contribution in [0.25, 0.3) is 5.65 Å². The van der Waals surface area contributed by atoms with E-state index in [9.17, 15) is 0 Å². The molecule has 2 rings (SSSR count). The minimum atomic E-state index is 0.690. The number of rotatable bonds is 4. The quantitative estimate of drug-likeness (QED) is 0.938. The van der Waals surface area contributed by atoms with Crippen LogP contribution in [0.3, 0.4) is 0 Å². The number of nitrogens with one attached hydrogen (secondary N) is 1. The van der Waals surface area contributed by atoms with E-state index < -0.39 is 0 Å². The highest BCUT2D eigenvalue weighted by Gasteiger charge is 2.05. The first-order valence-electron chi connectivity index (χ1n) is 5.40.